The van der Waals surface area contributed by atoms with Crippen molar-refractivity contribution in [2.45, 2.75) is 16.3 Å². The molecule has 0 spiro atoms. The summed E-state index contributed by atoms with van der Waals surface area (Å²) in [6.07, 6.45) is 0. The molecule has 0 unspecified atom stereocenters. The lowest BCUT2D eigenvalue weighted by molar-refractivity contribution is 0.0951. The first kappa shape index (κ1) is 21.8. The van der Waals surface area contributed by atoms with Gasteiger partial charge in [-0.05, 0) is 42.0 Å². The number of nitrogens with one attached hydrogen (secondary N) is 1. The lowest BCUT2D eigenvalue weighted by atomic mass is 10.1. The average molecular weight is 466 g/mol. The van der Waals surface area contributed by atoms with Crippen molar-refractivity contribution in [2.75, 3.05) is 16.8 Å². The number of hydrogen-bond acceptors (Lipinski definition) is 3. The zero-order valence-electron chi connectivity index (χ0n) is 18.6. The Labute approximate surface area is 203 Å². The predicted molar refractivity (Wildman–Crippen MR) is 137 cm³/mol. The minimum absolute atomic E-state index is 0.228. The fourth-order valence-electron chi connectivity index (χ4n) is 4.00. The predicted octanol–water partition coefficient (Wildman–Crippen LogP) is 6.48. The molecule has 0 fully saturated rings. The Morgan fingerprint density at radius 1 is 0.765 bits per heavy atom. The quantitative estimate of drug-likeness (QED) is 0.375. The van der Waals surface area contributed by atoms with Gasteiger partial charge in [-0.3, -0.25) is 14.6 Å². The summed E-state index contributed by atoms with van der Waals surface area (Å²) in [6.45, 7) is 0.412. The van der Waals surface area contributed by atoms with Crippen molar-refractivity contribution < 1.29 is 9.59 Å². The van der Waals surface area contributed by atoms with Crippen LogP contribution in [-0.2, 0) is 6.54 Å². The molecule has 0 atom stereocenters. The molecule has 1 heterocycles. The smallest absolute Gasteiger partial charge is 0.333 e. The summed E-state index contributed by atoms with van der Waals surface area (Å²) >= 11 is 1.65. The van der Waals surface area contributed by atoms with Gasteiger partial charge < -0.3 is 5.32 Å². The molecule has 34 heavy (non-hydrogen) atoms. The maximum absolute atomic E-state index is 13.9. The average Bonchev–Trinajstić information content (AvgIpc) is 2.90. The molecule has 1 aliphatic rings. The molecule has 168 valence electrons. The van der Waals surface area contributed by atoms with E-state index in [2.05, 4.69) is 5.32 Å². The third kappa shape index (κ3) is 4.16. The topological polar surface area (TPSA) is 52.7 Å². The van der Waals surface area contributed by atoms with Crippen LogP contribution in [0.15, 0.2) is 113 Å². The number of hydrogen-bond donors (Lipinski definition) is 1. The Kier molecular flexibility index (Phi) is 6.06. The van der Waals surface area contributed by atoms with Crippen LogP contribution >= 0.6 is 11.8 Å². The van der Waals surface area contributed by atoms with Gasteiger partial charge in [0, 0.05) is 23.4 Å². The van der Waals surface area contributed by atoms with E-state index in [-0.39, 0.29) is 11.9 Å². The van der Waals surface area contributed by atoms with E-state index in [1.54, 1.807) is 46.8 Å². The molecule has 0 aliphatic carbocycles. The maximum Gasteiger partial charge on any atom is 0.333 e. The maximum atomic E-state index is 13.9. The van der Waals surface area contributed by atoms with Gasteiger partial charge in [0.2, 0.25) is 0 Å². The van der Waals surface area contributed by atoms with Crippen LogP contribution in [0.5, 0.6) is 0 Å². The first-order valence-electron chi connectivity index (χ1n) is 11.0. The highest BCUT2D eigenvalue weighted by Crippen LogP contribution is 2.48. The Hall–Kier alpha value is -4.03. The lowest BCUT2D eigenvalue weighted by Crippen LogP contribution is -2.40. The standard InChI is InChI=1S/C28H23N3O2S/c1-30(22-14-6-5-13-21(22)27(32)29-19-20-11-3-2-4-12-20)28(33)31-23-15-7-9-17-25(23)34-26-18-10-8-16-24(26)31/h2-18H,19H2,1H3,(H,29,32). The van der Waals surface area contributed by atoms with Crippen molar-refractivity contribution in [2.24, 2.45) is 0 Å². The summed E-state index contributed by atoms with van der Waals surface area (Å²) in [5, 5.41) is 2.97. The Bertz CT molecular complexity index is 1310. The van der Waals surface area contributed by atoms with Crippen molar-refractivity contribution in [3.05, 3.63) is 114 Å². The minimum atomic E-state index is -0.233. The van der Waals surface area contributed by atoms with Gasteiger partial charge in [0.05, 0.1) is 22.6 Å². The molecule has 0 aromatic heterocycles. The molecule has 4 aromatic carbocycles. The van der Waals surface area contributed by atoms with Crippen LogP contribution in [-0.4, -0.2) is 19.0 Å². The number of carbonyl (C=O) groups is 2. The number of urea groups is 1. The Morgan fingerprint density at radius 2 is 1.32 bits per heavy atom. The van der Waals surface area contributed by atoms with Gasteiger partial charge in [-0.1, -0.05) is 78.5 Å². The largest absolute Gasteiger partial charge is 0.348 e. The first-order chi connectivity index (χ1) is 16.6. The van der Waals surface area contributed by atoms with Crippen LogP contribution in [0.3, 0.4) is 0 Å². The number of benzene rings is 4. The zero-order chi connectivity index (χ0) is 23.5. The van der Waals surface area contributed by atoms with Crippen LogP contribution in [0.4, 0.5) is 21.9 Å². The summed E-state index contributed by atoms with van der Waals surface area (Å²) in [5.74, 6) is -0.228. The number of amides is 3. The van der Waals surface area contributed by atoms with E-state index in [0.717, 1.165) is 26.7 Å². The van der Waals surface area contributed by atoms with E-state index in [1.807, 2.05) is 84.9 Å². The third-order valence-corrected chi connectivity index (χ3v) is 6.85. The number of rotatable bonds is 4. The van der Waals surface area contributed by atoms with Crippen molar-refractivity contribution in [3.63, 3.8) is 0 Å². The summed E-state index contributed by atoms with van der Waals surface area (Å²) in [6, 6.07) is 32.4. The zero-order valence-corrected chi connectivity index (χ0v) is 19.5. The molecular weight excluding hydrogens is 442 g/mol. The van der Waals surface area contributed by atoms with Crippen LogP contribution < -0.4 is 15.1 Å². The molecule has 0 radical (unpaired) electrons. The molecule has 5 rings (SSSR count). The van der Waals surface area contributed by atoms with Crippen LogP contribution in [0.2, 0.25) is 0 Å². The monoisotopic (exact) mass is 465 g/mol. The normalized spacial score (nSPS) is 11.9. The first-order valence-corrected chi connectivity index (χ1v) is 11.8. The molecular formula is C28H23N3O2S. The van der Waals surface area contributed by atoms with E-state index in [9.17, 15) is 9.59 Å². The number of nitrogens with zero attached hydrogens (tertiary/aromatic N) is 2. The van der Waals surface area contributed by atoms with Crippen molar-refractivity contribution in [1.82, 2.24) is 5.32 Å². The van der Waals surface area contributed by atoms with Crippen molar-refractivity contribution in [3.8, 4) is 0 Å². The second-order valence-electron chi connectivity index (χ2n) is 7.90. The molecule has 1 N–H and O–H groups in total. The van der Waals surface area contributed by atoms with E-state index >= 15 is 0 Å². The second kappa shape index (κ2) is 9.45. The van der Waals surface area contributed by atoms with Gasteiger partial charge in [-0.25, -0.2) is 4.79 Å². The van der Waals surface area contributed by atoms with Crippen molar-refractivity contribution >= 4 is 40.8 Å². The fourth-order valence-corrected chi connectivity index (χ4v) is 5.05. The summed E-state index contributed by atoms with van der Waals surface area (Å²) in [7, 11) is 1.71. The summed E-state index contributed by atoms with van der Waals surface area (Å²) < 4.78 is 0. The highest BCUT2D eigenvalue weighted by molar-refractivity contribution is 7.99. The SMILES string of the molecule is CN(C(=O)N1c2ccccc2Sc2ccccc21)c1ccccc1C(=O)NCc1ccccc1. The number of fused-ring (bicyclic) bond motifs is 2. The van der Waals surface area contributed by atoms with Gasteiger partial charge in [0.15, 0.2) is 0 Å². The second-order valence-corrected chi connectivity index (χ2v) is 8.98. The van der Waals surface area contributed by atoms with Crippen LogP contribution in [0.25, 0.3) is 0 Å². The van der Waals surface area contributed by atoms with E-state index in [1.165, 1.54) is 0 Å². The highest BCUT2D eigenvalue weighted by Gasteiger charge is 2.31. The highest BCUT2D eigenvalue weighted by atomic mass is 32.2. The molecule has 5 nitrogen and oxygen atoms in total. The van der Waals surface area contributed by atoms with Crippen LogP contribution in [0.1, 0.15) is 15.9 Å². The molecule has 0 bridgehead atoms. The van der Waals surface area contributed by atoms with Crippen LogP contribution in [0, 0.1) is 0 Å². The third-order valence-electron chi connectivity index (χ3n) is 5.72. The molecule has 3 amide bonds. The van der Waals surface area contributed by atoms with Gasteiger partial charge in [-0.2, -0.15) is 0 Å². The summed E-state index contributed by atoms with van der Waals surface area (Å²) in [4.78, 5) is 32.2. The van der Waals surface area contributed by atoms with Gasteiger partial charge in [0.1, 0.15) is 0 Å². The van der Waals surface area contributed by atoms with E-state index < -0.39 is 0 Å². The molecule has 0 saturated heterocycles. The van der Waals surface area contributed by atoms with Gasteiger partial charge in [-0.15, -0.1) is 0 Å². The number of carbonyl (C=O) groups excluding carboxylic acids is 2. The number of anilines is 3. The summed E-state index contributed by atoms with van der Waals surface area (Å²) in [5.41, 5.74) is 3.66. The van der Waals surface area contributed by atoms with Gasteiger partial charge >= 0.3 is 6.03 Å². The minimum Gasteiger partial charge on any atom is -0.348 e. The Morgan fingerprint density at radius 3 is 2.00 bits per heavy atom. The molecule has 4 aromatic rings. The van der Waals surface area contributed by atoms with E-state index in [4.69, 9.17) is 0 Å². The van der Waals surface area contributed by atoms with Gasteiger partial charge in [0.25, 0.3) is 5.91 Å². The fraction of sp³-hybridized carbons (Fsp3) is 0.0714. The Balaban J connectivity index is 1.46. The molecule has 6 heteroatoms. The lowest BCUT2D eigenvalue weighted by Gasteiger charge is -2.34. The number of para-hydroxylation sites is 3. The van der Waals surface area contributed by atoms with E-state index in [0.29, 0.717) is 17.8 Å². The molecule has 1 aliphatic heterocycles. The molecule has 0 saturated carbocycles. The van der Waals surface area contributed by atoms with Crippen molar-refractivity contribution in [1.29, 1.82) is 0 Å².